The normalized spacial score (nSPS) is 16.3. The lowest BCUT2D eigenvalue weighted by Crippen LogP contribution is -2.52. The van der Waals surface area contributed by atoms with Crippen molar-refractivity contribution in [1.29, 1.82) is 0 Å². The van der Waals surface area contributed by atoms with E-state index in [0.29, 0.717) is 44.9 Å². The maximum Gasteiger partial charge on any atom is 0.226 e. The van der Waals surface area contributed by atoms with E-state index in [0.717, 1.165) is 23.6 Å². The standard InChI is InChI=1S/C23H37N3O4/c1-6-7-18(22(24)27)19(14-16(2)3)23(28)26-12-10-25(11-13-26)20-9-8-17(29-4)15-21(20)30-5/h8-9,15-16,18-19H,6-7,10-14H2,1-5H3,(H2,24,27). The summed E-state index contributed by atoms with van der Waals surface area (Å²) in [6, 6.07) is 5.77. The Hall–Kier alpha value is -2.44. The number of ether oxygens (including phenoxy) is 2. The molecule has 7 nitrogen and oxygen atoms in total. The summed E-state index contributed by atoms with van der Waals surface area (Å²) in [7, 11) is 3.27. The molecule has 2 atom stereocenters. The Morgan fingerprint density at radius 1 is 1.07 bits per heavy atom. The third-order valence-corrected chi connectivity index (χ3v) is 5.81. The molecule has 1 saturated heterocycles. The number of nitrogens with two attached hydrogens (primary N) is 1. The van der Waals surface area contributed by atoms with Gasteiger partial charge in [0.25, 0.3) is 0 Å². The number of rotatable bonds is 10. The molecule has 168 valence electrons. The van der Waals surface area contributed by atoms with Crippen molar-refractivity contribution in [1.82, 2.24) is 4.90 Å². The average Bonchev–Trinajstić information content (AvgIpc) is 2.74. The molecule has 7 heteroatoms. The number of methoxy groups -OCH3 is 2. The van der Waals surface area contributed by atoms with Gasteiger partial charge in [0.1, 0.15) is 11.5 Å². The highest BCUT2D eigenvalue weighted by molar-refractivity contribution is 5.87. The van der Waals surface area contributed by atoms with Crippen LogP contribution in [0.5, 0.6) is 11.5 Å². The fourth-order valence-electron chi connectivity index (χ4n) is 4.25. The molecule has 1 heterocycles. The Bertz CT molecular complexity index is 714. The minimum Gasteiger partial charge on any atom is -0.497 e. The zero-order valence-electron chi connectivity index (χ0n) is 19.0. The van der Waals surface area contributed by atoms with Gasteiger partial charge in [-0.1, -0.05) is 27.2 Å². The summed E-state index contributed by atoms with van der Waals surface area (Å²) in [6.07, 6.45) is 2.17. The minimum atomic E-state index is -0.399. The second-order valence-electron chi connectivity index (χ2n) is 8.38. The molecule has 2 amide bonds. The number of hydrogen-bond acceptors (Lipinski definition) is 5. The zero-order chi connectivity index (χ0) is 22.3. The fourth-order valence-corrected chi connectivity index (χ4v) is 4.25. The molecule has 1 aromatic rings. The van der Waals surface area contributed by atoms with Gasteiger partial charge in [0.05, 0.1) is 19.9 Å². The molecule has 0 spiro atoms. The Morgan fingerprint density at radius 2 is 1.73 bits per heavy atom. The van der Waals surface area contributed by atoms with E-state index in [1.54, 1.807) is 14.2 Å². The summed E-state index contributed by atoms with van der Waals surface area (Å²) in [5, 5.41) is 0. The van der Waals surface area contributed by atoms with E-state index in [1.807, 2.05) is 30.0 Å². The van der Waals surface area contributed by atoms with Gasteiger partial charge in [-0.25, -0.2) is 0 Å². The number of anilines is 1. The summed E-state index contributed by atoms with van der Waals surface area (Å²) < 4.78 is 10.8. The van der Waals surface area contributed by atoms with Gasteiger partial charge < -0.3 is 25.0 Å². The van der Waals surface area contributed by atoms with Crippen molar-refractivity contribution in [3.05, 3.63) is 18.2 Å². The lowest BCUT2D eigenvalue weighted by Gasteiger charge is -2.39. The molecule has 2 rings (SSSR count). The molecule has 1 aliphatic rings. The van der Waals surface area contributed by atoms with Crippen LogP contribution >= 0.6 is 0 Å². The predicted octanol–water partition coefficient (Wildman–Crippen LogP) is 2.92. The topological polar surface area (TPSA) is 85.1 Å². The van der Waals surface area contributed by atoms with Gasteiger partial charge in [0.15, 0.2) is 0 Å². The van der Waals surface area contributed by atoms with Crippen LogP contribution in [0.25, 0.3) is 0 Å². The summed E-state index contributed by atoms with van der Waals surface area (Å²) in [6.45, 7) is 8.82. The number of nitrogens with zero attached hydrogens (tertiary/aromatic N) is 2. The van der Waals surface area contributed by atoms with Gasteiger partial charge >= 0.3 is 0 Å². The van der Waals surface area contributed by atoms with E-state index in [4.69, 9.17) is 15.2 Å². The monoisotopic (exact) mass is 419 g/mol. The average molecular weight is 420 g/mol. The van der Waals surface area contributed by atoms with E-state index in [-0.39, 0.29) is 17.7 Å². The van der Waals surface area contributed by atoms with Crippen LogP contribution < -0.4 is 20.1 Å². The maximum absolute atomic E-state index is 13.4. The molecule has 0 saturated carbocycles. The summed E-state index contributed by atoms with van der Waals surface area (Å²) >= 11 is 0. The van der Waals surface area contributed by atoms with Crippen molar-refractivity contribution in [3.8, 4) is 11.5 Å². The predicted molar refractivity (Wildman–Crippen MR) is 119 cm³/mol. The first-order valence-electron chi connectivity index (χ1n) is 10.9. The van der Waals surface area contributed by atoms with Gasteiger partial charge in [-0.2, -0.15) is 0 Å². The summed E-state index contributed by atoms with van der Waals surface area (Å²) in [5.74, 6) is 0.772. The molecule has 30 heavy (non-hydrogen) atoms. The highest BCUT2D eigenvalue weighted by Crippen LogP contribution is 2.33. The number of piperazine rings is 1. The van der Waals surface area contributed by atoms with Gasteiger partial charge in [0, 0.05) is 44.1 Å². The first-order valence-corrected chi connectivity index (χ1v) is 10.9. The van der Waals surface area contributed by atoms with Crippen molar-refractivity contribution < 1.29 is 19.1 Å². The van der Waals surface area contributed by atoms with E-state index < -0.39 is 5.92 Å². The van der Waals surface area contributed by atoms with E-state index in [9.17, 15) is 9.59 Å². The minimum absolute atomic E-state index is 0.0577. The van der Waals surface area contributed by atoms with E-state index >= 15 is 0 Å². The molecule has 2 unspecified atom stereocenters. The molecule has 0 aliphatic carbocycles. The van der Waals surface area contributed by atoms with Crippen molar-refractivity contribution in [2.45, 2.75) is 40.0 Å². The van der Waals surface area contributed by atoms with Gasteiger partial charge in [-0.3, -0.25) is 9.59 Å². The molecular weight excluding hydrogens is 382 g/mol. The molecule has 0 radical (unpaired) electrons. The number of benzene rings is 1. The van der Waals surface area contributed by atoms with Crippen molar-refractivity contribution in [2.75, 3.05) is 45.3 Å². The molecule has 1 aliphatic heterocycles. The second-order valence-corrected chi connectivity index (χ2v) is 8.38. The third-order valence-electron chi connectivity index (χ3n) is 5.81. The van der Waals surface area contributed by atoms with Crippen LogP contribution in [0.1, 0.15) is 40.0 Å². The molecule has 1 aromatic carbocycles. The lowest BCUT2D eigenvalue weighted by atomic mass is 9.81. The summed E-state index contributed by atoms with van der Waals surface area (Å²) in [5.41, 5.74) is 6.67. The number of primary amides is 1. The van der Waals surface area contributed by atoms with Crippen LogP contribution in [-0.2, 0) is 9.59 Å². The first-order chi connectivity index (χ1) is 14.3. The van der Waals surface area contributed by atoms with Crippen LogP contribution in [0.4, 0.5) is 5.69 Å². The fraction of sp³-hybridized carbons (Fsp3) is 0.652. The van der Waals surface area contributed by atoms with Crippen molar-refractivity contribution in [3.63, 3.8) is 0 Å². The number of hydrogen-bond donors (Lipinski definition) is 1. The maximum atomic E-state index is 13.4. The SMILES string of the molecule is CCCC(C(N)=O)C(CC(C)C)C(=O)N1CCN(c2ccc(OC)cc2OC)CC1. The number of carbonyl (C=O) groups is 2. The quantitative estimate of drug-likeness (QED) is 0.630. The molecule has 0 bridgehead atoms. The van der Waals surface area contributed by atoms with Crippen LogP contribution in [0, 0.1) is 17.8 Å². The Morgan fingerprint density at radius 3 is 2.23 bits per heavy atom. The molecule has 2 N–H and O–H groups in total. The van der Waals surface area contributed by atoms with Crippen LogP contribution in [0.2, 0.25) is 0 Å². The largest absolute Gasteiger partial charge is 0.497 e. The van der Waals surface area contributed by atoms with Gasteiger partial charge in [-0.15, -0.1) is 0 Å². The Kier molecular flexibility index (Phi) is 8.81. The summed E-state index contributed by atoms with van der Waals surface area (Å²) in [4.78, 5) is 29.6. The van der Waals surface area contributed by atoms with Gasteiger partial charge in [-0.05, 0) is 30.9 Å². The lowest BCUT2D eigenvalue weighted by molar-refractivity contribution is -0.142. The molecule has 0 aromatic heterocycles. The Labute approximate surface area is 180 Å². The molecule has 1 fully saturated rings. The van der Waals surface area contributed by atoms with Crippen LogP contribution in [0.3, 0.4) is 0 Å². The van der Waals surface area contributed by atoms with Crippen LogP contribution in [-0.4, -0.2) is 57.1 Å². The smallest absolute Gasteiger partial charge is 0.226 e. The van der Waals surface area contributed by atoms with Crippen molar-refractivity contribution in [2.24, 2.45) is 23.5 Å². The highest BCUT2D eigenvalue weighted by Gasteiger charge is 2.36. The Balaban J connectivity index is 2.11. The van der Waals surface area contributed by atoms with Crippen molar-refractivity contribution >= 4 is 17.5 Å². The zero-order valence-corrected chi connectivity index (χ0v) is 19.0. The third kappa shape index (κ3) is 5.80. The molecular formula is C23H37N3O4. The van der Waals surface area contributed by atoms with E-state index in [2.05, 4.69) is 18.7 Å². The second kappa shape index (κ2) is 11.1. The first kappa shape index (κ1) is 23.8. The number of amides is 2. The number of carbonyl (C=O) groups excluding carboxylic acids is 2. The highest BCUT2D eigenvalue weighted by atomic mass is 16.5. The van der Waals surface area contributed by atoms with Gasteiger partial charge in [0.2, 0.25) is 11.8 Å². The van der Waals surface area contributed by atoms with Crippen LogP contribution in [0.15, 0.2) is 18.2 Å². The van der Waals surface area contributed by atoms with E-state index in [1.165, 1.54) is 0 Å².